The number of nitrogens with one attached hydrogen (secondary N) is 1. The number of alkyl halides is 2. The third kappa shape index (κ3) is 2.85. The molecule has 1 saturated carbocycles. The molecule has 19 heavy (non-hydrogen) atoms. The van der Waals surface area contributed by atoms with E-state index in [4.69, 9.17) is 5.14 Å². The average Bonchev–Trinajstić information content (AvgIpc) is 2.55. The molecule has 1 aliphatic carbocycles. The summed E-state index contributed by atoms with van der Waals surface area (Å²) < 4.78 is 39.4. The standard InChI is InChI=1S/C13H24F2N2OS/c1-11(2,19(16)18)9-10-12(3-4-13(10,14)15)5-7-17-8-6-12/h10,17H,3-9,16H2,1-2H3/t10-,19?/m0/s1. The Hall–Kier alpha value is -0.0700. The fraction of sp³-hybridized carbons (Fsp3) is 1.00. The number of nitrogens with two attached hydrogens (primary N) is 1. The lowest BCUT2D eigenvalue weighted by Gasteiger charge is -2.42. The van der Waals surface area contributed by atoms with Crippen molar-refractivity contribution in [3.8, 4) is 0 Å². The minimum Gasteiger partial charge on any atom is -0.317 e. The van der Waals surface area contributed by atoms with E-state index in [-0.39, 0.29) is 18.3 Å². The molecule has 1 unspecified atom stereocenters. The van der Waals surface area contributed by atoms with Gasteiger partial charge in [0.15, 0.2) is 0 Å². The third-order valence-corrected chi connectivity index (χ3v) is 6.30. The minimum absolute atomic E-state index is 0.0368. The summed E-state index contributed by atoms with van der Waals surface area (Å²) in [5, 5.41) is 8.71. The number of rotatable bonds is 3. The maximum Gasteiger partial charge on any atom is 0.251 e. The van der Waals surface area contributed by atoms with Crippen molar-refractivity contribution in [2.75, 3.05) is 13.1 Å². The van der Waals surface area contributed by atoms with Gasteiger partial charge in [0.2, 0.25) is 0 Å². The SMILES string of the molecule is CC(C)(C[C@@H]1C(F)(F)CCC12CCNCC2)S(N)=O. The highest BCUT2D eigenvalue weighted by Gasteiger charge is 2.59. The van der Waals surface area contributed by atoms with Crippen molar-refractivity contribution in [1.29, 1.82) is 0 Å². The van der Waals surface area contributed by atoms with E-state index in [0.717, 1.165) is 25.9 Å². The van der Waals surface area contributed by atoms with Gasteiger partial charge in [-0.2, -0.15) is 0 Å². The van der Waals surface area contributed by atoms with Crippen LogP contribution in [0.1, 0.15) is 46.0 Å². The zero-order valence-electron chi connectivity index (χ0n) is 11.7. The van der Waals surface area contributed by atoms with Crippen molar-refractivity contribution in [3.05, 3.63) is 0 Å². The van der Waals surface area contributed by atoms with Crippen LogP contribution >= 0.6 is 0 Å². The molecular formula is C13H24F2N2OS. The summed E-state index contributed by atoms with van der Waals surface area (Å²) in [6, 6.07) is 0. The van der Waals surface area contributed by atoms with Gasteiger partial charge in [-0.05, 0) is 58.0 Å². The van der Waals surface area contributed by atoms with Crippen LogP contribution in [0.2, 0.25) is 0 Å². The maximum absolute atomic E-state index is 14.3. The summed E-state index contributed by atoms with van der Waals surface area (Å²) in [4.78, 5) is 0. The Labute approximate surface area is 116 Å². The molecule has 2 rings (SSSR count). The van der Waals surface area contributed by atoms with Crippen LogP contribution in [0, 0.1) is 11.3 Å². The molecule has 2 fully saturated rings. The van der Waals surface area contributed by atoms with E-state index in [0.29, 0.717) is 6.42 Å². The van der Waals surface area contributed by atoms with Crippen LogP contribution < -0.4 is 10.5 Å². The molecule has 0 amide bonds. The lowest BCUT2D eigenvalue weighted by molar-refractivity contribution is -0.0758. The lowest BCUT2D eigenvalue weighted by Crippen LogP contribution is -2.46. The van der Waals surface area contributed by atoms with Gasteiger partial charge in [0, 0.05) is 12.3 Å². The Morgan fingerprint density at radius 3 is 2.37 bits per heavy atom. The highest BCUT2D eigenvalue weighted by atomic mass is 32.2. The van der Waals surface area contributed by atoms with Crippen molar-refractivity contribution in [1.82, 2.24) is 5.32 Å². The molecular weight excluding hydrogens is 270 g/mol. The Morgan fingerprint density at radius 2 is 1.84 bits per heavy atom. The fourth-order valence-electron chi connectivity index (χ4n) is 3.67. The molecule has 112 valence electrons. The van der Waals surface area contributed by atoms with Crippen LogP contribution in [0.15, 0.2) is 0 Å². The van der Waals surface area contributed by atoms with Gasteiger partial charge in [-0.1, -0.05) is 0 Å². The molecule has 0 aromatic heterocycles. The van der Waals surface area contributed by atoms with E-state index in [1.54, 1.807) is 13.8 Å². The van der Waals surface area contributed by atoms with E-state index in [9.17, 15) is 13.0 Å². The summed E-state index contributed by atoms with van der Waals surface area (Å²) in [6.45, 7) is 5.07. The summed E-state index contributed by atoms with van der Waals surface area (Å²) in [5.74, 6) is -3.34. The van der Waals surface area contributed by atoms with Gasteiger partial charge in [0.25, 0.3) is 5.92 Å². The second-order valence-electron chi connectivity index (χ2n) is 6.69. The van der Waals surface area contributed by atoms with Gasteiger partial charge in [0.05, 0.1) is 15.7 Å². The monoisotopic (exact) mass is 294 g/mol. The molecule has 3 N–H and O–H groups in total. The Bertz CT molecular complexity index is 368. The first-order valence-electron chi connectivity index (χ1n) is 6.94. The summed E-state index contributed by atoms with van der Waals surface area (Å²) >= 11 is 0. The molecule has 0 radical (unpaired) electrons. The van der Waals surface area contributed by atoms with Crippen molar-refractivity contribution < 1.29 is 13.0 Å². The van der Waals surface area contributed by atoms with Crippen molar-refractivity contribution in [3.63, 3.8) is 0 Å². The number of halogens is 2. The first-order chi connectivity index (χ1) is 8.70. The van der Waals surface area contributed by atoms with Gasteiger partial charge >= 0.3 is 0 Å². The summed E-state index contributed by atoms with van der Waals surface area (Å²) in [6.07, 6.45) is 2.37. The lowest BCUT2D eigenvalue weighted by atomic mass is 9.68. The highest BCUT2D eigenvalue weighted by Crippen LogP contribution is 2.59. The minimum atomic E-state index is -2.64. The second-order valence-corrected chi connectivity index (χ2v) is 8.39. The van der Waals surface area contributed by atoms with Gasteiger partial charge in [-0.3, -0.25) is 5.14 Å². The zero-order valence-corrected chi connectivity index (χ0v) is 12.5. The Kier molecular flexibility index (Phi) is 4.06. The molecule has 0 aromatic rings. The molecule has 1 spiro atoms. The number of hydrogen-bond acceptors (Lipinski definition) is 2. The van der Waals surface area contributed by atoms with Crippen molar-refractivity contribution in [2.45, 2.75) is 56.6 Å². The molecule has 3 nitrogen and oxygen atoms in total. The fourth-order valence-corrected chi connectivity index (χ4v) is 4.01. The third-order valence-electron chi connectivity index (χ3n) is 5.04. The zero-order chi connectivity index (χ0) is 14.3. The molecule has 0 bridgehead atoms. The smallest absolute Gasteiger partial charge is 0.251 e. The highest BCUT2D eigenvalue weighted by molar-refractivity contribution is 7.84. The van der Waals surface area contributed by atoms with Gasteiger partial charge in [0.1, 0.15) is 0 Å². The maximum atomic E-state index is 14.3. The largest absolute Gasteiger partial charge is 0.317 e. The predicted octanol–water partition coefficient (Wildman–Crippen LogP) is 2.19. The van der Waals surface area contributed by atoms with E-state index >= 15 is 0 Å². The van der Waals surface area contributed by atoms with E-state index in [1.165, 1.54) is 0 Å². The van der Waals surface area contributed by atoms with Gasteiger partial charge in [-0.15, -0.1) is 0 Å². The predicted molar refractivity (Wildman–Crippen MR) is 73.2 cm³/mol. The average molecular weight is 294 g/mol. The quantitative estimate of drug-likeness (QED) is 0.838. The second kappa shape index (κ2) is 5.04. The van der Waals surface area contributed by atoms with Crippen molar-refractivity contribution >= 4 is 11.0 Å². The van der Waals surface area contributed by atoms with Gasteiger partial charge < -0.3 is 5.32 Å². The van der Waals surface area contributed by atoms with Crippen LogP contribution in [-0.2, 0) is 11.0 Å². The van der Waals surface area contributed by atoms with Crippen molar-refractivity contribution in [2.24, 2.45) is 16.5 Å². The first-order valence-corrected chi connectivity index (χ1v) is 8.16. The molecule has 2 aliphatic rings. The van der Waals surface area contributed by atoms with Crippen LogP contribution in [0.3, 0.4) is 0 Å². The topological polar surface area (TPSA) is 55.1 Å². The van der Waals surface area contributed by atoms with Crippen LogP contribution in [-0.4, -0.2) is 28.0 Å². The Balaban J connectivity index is 2.24. The van der Waals surface area contributed by atoms with E-state index in [2.05, 4.69) is 5.32 Å². The van der Waals surface area contributed by atoms with Crippen LogP contribution in [0.4, 0.5) is 8.78 Å². The first kappa shape index (κ1) is 15.3. The normalized spacial score (nSPS) is 31.5. The number of piperidine rings is 1. The molecule has 1 saturated heterocycles. The summed E-state index contributed by atoms with van der Waals surface area (Å²) in [7, 11) is -1.58. The van der Waals surface area contributed by atoms with Crippen LogP contribution in [0.5, 0.6) is 0 Å². The van der Waals surface area contributed by atoms with E-state index in [1.807, 2.05) is 0 Å². The molecule has 2 atom stereocenters. The molecule has 1 aliphatic heterocycles. The van der Waals surface area contributed by atoms with Crippen LogP contribution in [0.25, 0.3) is 0 Å². The number of hydrogen-bond donors (Lipinski definition) is 2. The molecule has 6 heteroatoms. The molecule has 1 heterocycles. The summed E-state index contributed by atoms with van der Waals surface area (Å²) in [5.41, 5.74) is -0.286. The van der Waals surface area contributed by atoms with E-state index < -0.39 is 27.6 Å². The Morgan fingerprint density at radius 1 is 1.26 bits per heavy atom. The molecule has 0 aromatic carbocycles. The van der Waals surface area contributed by atoms with Gasteiger partial charge in [-0.25, -0.2) is 13.0 Å².